The van der Waals surface area contributed by atoms with Crippen molar-refractivity contribution in [3.05, 3.63) is 65.2 Å². The highest BCUT2D eigenvalue weighted by Crippen LogP contribution is 2.18. The highest BCUT2D eigenvalue weighted by atomic mass is 32.2. The Morgan fingerprint density at radius 3 is 2.53 bits per heavy atom. The number of likely N-dealkylation sites (tertiary alicyclic amines) is 1. The minimum Gasteiger partial charge on any atom is -0.349 e. The van der Waals surface area contributed by atoms with E-state index in [4.69, 9.17) is 4.84 Å². The fourth-order valence-electron chi connectivity index (χ4n) is 3.58. The Kier molecular flexibility index (Phi) is 7.25. The van der Waals surface area contributed by atoms with E-state index in [9.17, 15) is 13.2 Å². The van der Waals surface area contributed by atoms with E-state index in [1.807, 2.05) is 6.07 Å². The van der Waals surface area contributed by atoms with Crippen LogP contribution in [0.1, 0.15) is 34.3 Å². The van der Waals surface area contributed by atoms with Crippen LogP contribution in [0.4, 0.5) is 0 Å². The predicted molar refractivity (Wildman–Crippen MR) is 115 cm³/mol. The summed E-state index contributed by atoms with van der Waals surface area (Å²) < 4.78 is 25.6. The van der Waals surface area contributed by atoms with Gasteiger partial charge in [-0.15, -0.1) is 0 Å². The molecule has 2 aromatic rings. The van der Waals surface area contributed by atoms with Gasteiger partial charge in [-0.3, -0.25) is 14.5 Å². The van der Waals surface area contributed by atoms with Crippen LogP contribution in [0.5, 0.6) is 0 Å². The quantitative estimate of drug-likeness (QED) is 0.682. The number of benzene rings is 2. The lowest BCUT2D eigenvalue weighted by atomic mass is 10.0. The van der Waals surface area contributed by atoms with E-state index in [1.165, 1.54) is 37.4 Å². The van der Waals surface area contributed by atoms with Crippen molar-refractivity contribution in [1.29, 1.82) is 0 Å². The van der Waals surface area contributed by atoms with Gasteiger partial charge in [0.2, 0.25) is 0 Å². The molecule has 1 aliphatic heterocycles. The first-order valence-corrected chi connectivity index (χ1v) is 11.5. The monoisotopic (exact) mass is 431 g/mol. The van der Waals surface area contributed by atoms with Crippen molar-refractivity contribution >= 4 is 15.9 Å². The average molecular weight is 432 g/mol. The van der Waals surface area contributed by atoms with Crippen molar-refractivity contribution in [3.8, 4) is 0 Å². The van der Waals surface area contributed by atoms with E-state index in [0.29, 0.717) is 5.56 Å². The lowest BCUT2D eigenvalue weighted by Crippen LogP contribution is -2.44. The van der Waals surface area contributed by atoms with Crippen LogP contribution in [0.3, 0.4) is 0 Å². The van der Waals surface area contributed by atoms with E-state index < -0.39 is 10.0 Å². The molecule has 0 aliphatic carbocycles. The minimum atomic E-state index is -3.79. The minimum absolute atomic E-state index is 0.0209. The Balaban J connectivity index is 1.57. The molecule has 1 saturated heterocycles. The molecule has 0 atom stereocenters. The van der Waals surface area contributed by atoms with Gasteiger partial charge in [0.15, 0.2) is 0 Å². The van der Waals surface area contributed by atoms with E-state index in [2.05, 4.69) is 35.3 Å². The number of carbonyl (C=O) groups is 1. The lowest BCUT2D eigenvalue weighted by molar-refractivity contribution is -0.0258. The molecule has 0 unspecified atom stereocenters. The normalized spacial score (nSPS) is 16.0. The van der Waals surface area contributed by atoms with Gasteiger partial charge in [-0.1, -0.05) is 34.8 Å². The Morgan fingerprint density at radius 2 is 1.87 bits per heavy atom. The summed E-state index contributed by atoms with van der Waals surface area (Å²) in [6.45, 7) is 4.86. The fraction of sp³-hybridized carbons (Fsp3) is 0.409. The van der Waals surface area contributed by atoms with Gasteiger partial charge in [-0.05, 0) is 49.1 Å². The van der Waals surface area contributed by atoms with Crippen LogP contribution in [-0.4, -0.2) is 57.0 Å². The van der Waals surface area contributed by atoms with Crippen molar-refractivity contribution < 1.29 is 18.0 Å². The predicted octanol–water partition coefficient (Wildman–Crippen LogP) is 2.57. The molecule has 2 aromatic carbocycles. The number of rotatable bonds is 7. The standard InChI is InChI=1S/C22H29N3O4S/c1-17-7-4-5-8-19(17)16-25-13-11-20(12-14-25)23-22(26)18-9-6-10-21(15-18)30(27,28)24(2)29-3/h4-10,15,20H,11-14,16H2,1-3H3,(H,23,26). The number of nitrogens with zero attached hydrogens (tertiary/aromatic N) is 2. The molecule has 30 heavy (non-hydrogen) atoms. The van der Waals surface area contributed by atoms with Gasteiger partial charge in [0.05, 0.1) is 12.0 Å². The summed E-state index contributed by atoms with van der Waals surface area (Å²) in [6.07, 6.45) is 1.73. The maximum atomic E-state index is 12.7. The van der Waals surface area contributed by atoms with Crippen LogP contribution in [0.15, 0.2) is 53.4 Å². The third-order valence-electron chi connectivity index (χ3n) is 5.57. The molecule has 1 aliphatic rings. The van der Waals surface area contributed by atoms with Crippen LogP contribution < -0.4 is 5.32 Å². The molecule has 8 heteroatoms. The molecule has 1 fully saturated rings. The first-order valence-electron chi connectivity index (χ1n) is 10.0. The molecule has 1 amide bonds. The first-order chi connectivity index (χ1) is 14.3. The van der Waals surface area contributed by atoms with E-state index in [-0.39, 0.29) is 16.8 Å². The summed E-state index contributed by atoms with van der Waals surface area (Å²) in [6, 6.07) is 14.5. The molecule has 7 nitrogen and oxygen atoms in total. The number of amides is 1. The van der Waals surface area contributed by atoms with Crippen LogP contribution in [0.2, 0.25) is 0 Å². The first kappa shape index (κ1) is 22.4. The van der Waals surface area contributed by atoms with E-state index >= 15 is 0 Å². The Bertz CT molecular complexity index is 985. The Labute approximate surface area is 178 Å². The molecule has 3 rings (SSSR count). The number of carbonyl (C=O) groups excluding carboxylic acids is 1. The van der Waals surface area contributed by atoms with Gasteiger partial charge in [0, 0.05) is 38.3 Å². The lowest BCUT2D eigenvalue weighted by Gasteiger charge is -2.32. The summed E-state index contributed by atoms with van der Waals surface area (Å²) in [5.74, 6) is -0.260. The number of hydrogen-bond acceptors (Lipinski definition) is 5. The van der Waals surface area contributed by atoms with Crippen LogP contribution in [0, 0.1) is 6.92 Å². The second-order valence-corrected chi connectivity index (χ2v) is 9.51. The summed E-state index contributed by atoms with van der Waals surface area (Å²) in [7, 11) is -1.20. The van der Waals surface area contributed by atoms with Gasteiger partial charge >= 0.3 is 0 Å². The molecule has 1 N–H and O–H groups in total. The van der Waals surface area contributed by atoms with Gasteiger partial charge in [0.1, 0.15) is 0 Å². The van der Waals surface area contributed by atoms with E-state index in [1.54, 1.807) is 12.1 Å². The second kappa shape index (κ2) is 9.70. The van der Waals surface area contributed by atoms with Gasteiger partial charge in [0.25, 0.3) is 15.9 Å². The zero-order chi connectivity index (χ0) is 21.7. The smallest absolute Gasteiger partial charge is 0.264 e. The number of aryl methyl sites for hydroxylation is 1. The molecule has 0 radical (unpaired) electrons. The van der Waals surface area contributed by atoms with Gasteiger partial charge in [-0.2, -0.15) is 0 Å². The Hall–Kier alpha value is -2.26. The summed E-state index contributed by atoms with van der Waals surface area (Å²) in [4.78, 5) is 19.9. The highest BCUT2D eigenvalue weighted by molar-refractivity contribution is 7.89. The van der Waals surface area contributed by atoms with Gasteiger partial charge < -0.3 is 5.32 Å². The number of nitrogens with one attached hydrogen (secondary N) is 1. The van der Waals surface area contributed by atoms with Crippen LogP contribution in [0.25, 0.3) is 0 Å². The zero-order valence-corrected chi connectivity index (χ0v) is 18.5. The van der Waals surface area contributed by atoms with Crippen LogP contribution in [-0.2, 0) is 21.4 Å². The number of sulfonamides is 1. The summed E-state index contributed by atoms with van der Waals surface area (Å²) in [5.41, 5.74) is 2.95. The van der Waals surface area contributed by atoms with Crippen molar-refractivity contribution in [2.24, 2.45) is 0 Å². The zero-order valence-electron chi connectivity index (χ0n) is 17.7. The topological polar surface area (TPSA) is 78.9 Å². The maximum absolute atomic E-state index is 12.7. The highest BCUT2D eigenvalue weighted by Gasteiger charge is 2.24. The molecule has 0 spiro atoms. The fourth-order valence-corrected chi connectivity index (χ4v) is 4.60. The second-order valence-electron chi connectivity index (χ2n) is 7.58. The molecule has 0 aromatic heterocycles. The van der Waals surface area contributed by atoms with E-state index in [0.717, 1.165) is 36.9 Å². The molecule has 0 bridgehead atoms. The molecular formula is C22H29N3O4S. The largest absolute Gasteiger partial charge is 0.349 e. The van der Waals surface area contributed by atoms with Gasteiger partial charge in [-0.25, -0.2) is 8.42 Å². The molecule has 0 saturated carbocycles. The van der Waals surface area contributed by atoms with Crippen LogP contribution >= 0.6 is 0 Å². The number of hydroxylamine groups is 1. The Morgan fingerprint density at radius 1 is 1.17 bits per heavy atom. The summed E-state index contributed by atoms with van der Waals surface area (Å²) in [5, 5.41) is 3.05. The third kappa shape index (κ3) is 5.26. The SMILES string of the molecule is CON(C)S(=O)(=O)c1cccc(C(=O)NC2CCN(Cc3ccccc3C)CC2)c1. The van der Waals surface area contributed by atoms with Crippen molar-refractivity contribution in [3.63, 3.8) is 0 Å². The molecule has 162 valence electrons. The van der Waals surface area contributed by atoms with Crippen molar-refractivity contribution in [2.45, 2.75) is 37.2 Å². The molecular weight excluding hydrogens is 402 g/mol. The summed E-state index contributed by atoms with van der Waals surface area (Å²) >= 11 is 0. The number of hydrogen-bond donors (Lipinski definition) is 1. The van der Waals surface area contributed by atoms with Crippen molar-refractivity contribution in [2.75, 3.05) is 27.2 Å². The average Bonchev–Trinajstić information content (AvgIpc) is 2.76. The molecule has 1 heterocycles. The number of piperidine rings is 1. The third-order valence-corrected chi connectivity index (χ3v) is 7.24. The maximum Gasteiger partial charge on any atom is 0.264 e. The van der Waals surface area contributed by atoms with Crippen molar-refractivity contribution in [1.82, 2.24) is 14.7 Å².